The molecule has 0 saturated carbocycles. The molecule has 3 aromatic carbocycles. The van der Waals surface area contributed by atoms with Crippen LogP contribution in [0.25, 0.3) is 0 Å². The maximum absolute atomic E-state index is 13.7. The van der Waals surface area contributed by atoms with Gasteiger partial charge in [-0.05, 0) is 68.3 Å². The Morgan fingerprint density at radius 3 is 2.14 bits per heavy atom. The second kappa shape index (κ2) is 11.6. The summed E-state index contributed by atoms with van der Waals surface area (Å²) in [7, 11) is -2.62. The Labute approximate surface area is 217 Å². The number of benzene rings is 3. The second-order valence-electron chi connectivity index (χ2n) is 8.54. The van der Waals surface area contributed by atoms with E-state index in [1.54, 1.807) is 31.2 Å². The number of hydrogen-bond acceptors (Lipinski definition) is 4. The third-order valence-electron chi connectivity index (χ3n) is 6.02. The third-order valence-corrected chi connectivity index (χ3v) is 8.06. The van der Waals surface area contributed by atoms with Crippen LogP contribution < -0.4 is 9.62 Å². The molecule has 7 nitrogen and oxygen atoms in total. The van der Waals surface area contributed by atoms with Gasteiger partial charge in [-0.2, -0.15) is 0 Å². The van der Waals surface area contributed by atoms with Gasteiger partial charge in [-0.1, -0.05) is 53.6 Å². The molecule has 0 radical (unpaired) electrons. The molecule has 9 heteroatoms. The van der Waals surface area contributed by atoms with Crippen LogP contribution in [0.4, 0.5) is 5.69 Å². The summed E-state index contributed by atoms with van der Waals surface area (Å²) in [6, 6.07) is 19.4. The van der Waals surface area contributed by atoms with E-state index in [4.69, 9.17) is 11.6 Å². The molecule has 0 aromatic heterocycles. The maximum Gasteiger partial charge on any atom is 0.264 e. The number of nitrogens with one attached hydrogen (secondary N) is 1. The van der Waals surface area contributed by atoms with E-state index in [1.807, 2.05) is 38.1 Å². The predicted molar refractivity (Wildman–Crippen MR) is 142 cm³/mol. The highest BCUT2D eigenvalue weighted by Gasteiger charge is 2.32. The van der Waals surface area contributed by atoms with Gasteiger partial charge in [-0.25, -0.2) is 8.42 Å². The van der Waals surface area contributed by atoms with Crippen molar-refractivity contribution in [3.05, 3.63) is 94.5 Å². The molecule has 190 valence electrons. The summed E-state index contributed by atoms with van der Waals surface area (Å²) >= 11 is 5.96. The number of carbonyl (C=O) groups excluding carboxylic acids is 2. The Morgan fingerprint density at radius 2 is 1.56 bits per heavy atom. The van der Waals surface area contributed by atoms with E-state index in [0.717, 1.165) is 21.0 Å². The molecule has 0 bridgehead atoms. The molecule has 0 aliphatic carbocycles. The van der Waals surface area contributed by atoms with Crippen LogP contribution >= 0.6 is 11.6 Å². The van der Waals surface area contributed by atoms with Crippen molar-refractivity contribution in [2.24, 2.45) is 0 Å². The first-order chi connectivity index (χ1) is 17.0. The summed E-state index contributed by atoms with van der Waals surface area (Å²) in [6.07, 6.45) is 0. The van der Waals surface area contributed by atoms with Gasteiger partial charge in [-0.15, -0.1) is 0 Å². The molecule has 0 unspecified atom stereocenters. The quantitative estimate of drug-likeness (QED) is 0.449. The first-order valence-electron chi connectivity index (χ1n) is 11.4. The summed E-state index contributed by atoms with van der Waals surface area (Å²) in [4.78, 5) is 27.7. The van der Waals surface area contributed by atoms with Crippen molar-refractivity contribution >= 4 is 39.1 Å². The number of halogens is 1. The van der Waals surface area contributed by atoms with E-state index in [9.17, 15) is 18.0 Å². The Morgan fingerprint density at radius 1 is 0.944 bits per heavy atom. The number of rotatable bonds is 9. The Kier molecular flexibility index (Phi) is 8.76. The lowest BCUT2D eigenvalue weighted by Crippen LogP contribution is -2.50. The van der Waals surface area contributed by atoms with E-state index in [-0.39, 0.29) is 17.3 Å². The van der Waals surface area contributed by atoms with Gasteiger partial charge < -0.3 is 10.2 Å². The van der Waals surface area contributed by atoms with Crippen molar-refractivity contribution in [2.75, 3.05) is 17.9 Å². The summed E-state index contributed by atoms with van der Waals surface area (Å²) in [5.74, 6) is -0.855. The van der Waals surface area contributed by atoms with Crippen LogP contribution in [0, 0.1) is 13.8 Å². The second-order valence-corrected chi connectivity index (χ2v) is 10.8. The standard InChI is InChI=1S/C27H30ClN3O4S/c1-19-9-13-24(14-10-19)31(36(34,35)25-15-11-23(28)12-16-25)18-26(32)30(21(3)27(33)29-4)17-22-8-6-5-7-20(22)2/h5-16,21H,17-18H2,1-4H3,(H,29,33)/t21-/m0/s1. The fraction of sp³-hybridized carbons (Fsp3) is 0.259. The lowest BCUT2D eigenvalue weighted by atomic mass is 10.1. The van der Waals surface area contributed by atoms with Gasteiger partial charge in [0.15, 0.2) is 0 Å². The average molecular weight is 528 g/mol. The third kappa shape index (κ3) is 6.25. The Balaban J connectivity index is 2.03. The number of carbonyl (C=O) groups is 2. The van der Waals surface area contributed by atoms with Gasteiger partial charge in [-0.3, -0.25) is 13.9 Å². The van der Waals surface area contributed by atoms with Gasteiger partial charge in [0, 0.05) is 18.6 Å². The zero-order valence-corrected chi connectivity index (χ0v) is 22.3. The number of sulfonamides is 1. The van der Waals surface area contributed by atoms with E-state index >= 15 is 0 Å². The van der Waals surface area contributed by atoms with Gasteiger partial charge in [0.2, 0.25) is 11.8 Å². The lowest BCUT2D eigenvalue weighted by Gasteiger charge is -2.32. The van der Waals surface area contributed by atoms with E-state index in [0.29, 0.717) is 10.7 Å². The van der Waals surface area contributed by atoms with Crippen molar-refractivity contribution in [1.29, 1.82) is 0 Å². The zero-order valence-electron chi connectivity index (χ0n) is 20.7. The van der Waals surface area contributed by atoms with Crippen molar-refractivity contribution in [3.8, 4) is 0 Å². The first-order valence-corrected chi connectivity index (χ1v) is 13.3. The average Bonchev–Trinajstić information content (AvgIpc) is 2.86. The van der Waals surface area contributed by atoms with E-state index in [2.05, 4.69) is 5.32 Å². The highest BCUT2D eigenvalue weighted by atomic mass is 35.5. The predicted octanol–water partition coefficient (Wildman–Crippen LogP) is 4.32. The van der Waals surface area contributed by atoms with Crippen molar-refractivity contribution in [2.45, 2.75) is 38.3 Å². The normalized spacial score (nSPS) is 12.0. The summed E-state index contributed by atoms with van der Waals surface area (Å²) < 4.78 is 28.5. The highest BCUT2D eigenvalue weighted by Crippen LogP contribution is 2.26. The Hall–Kier alpha value is -3.36. The molecule has 1 N–H and O–H groups in total. The largest absolute Gasteiger partial charge is 0.357 e. The van der Waals surface area contributed by atoms with Crippen LogP contribution in [0.2, 0.25) is 5.02 Å². The minimum atomic E-state index is -4.12. The number of anilines is 1. The molecule has 3 rings (SSSR count). The lowest BCUT2D eigenvalue weighted by molar-refractivity contribution is -0.139. The zero-order chi connectivity index (χ0) is 26.5. The molecule has 36 heavy (non-hydrogen) atoms. The molecule has 1 atom stereocenters. The molecule has 0 spiro atoms. The highest BCUT2D eigenvalue weighted by molar-refractivity contribution is 7.92. The van der Waals surface area contributed by atoms with E-state index in [1.165, 1.54) is 36.2 Å². The van der Waals surface area contributed by atoms with Crippen LogP contribution in [0.15, 0.2) is 77.7 Å². The molecule has 0 heterocycles. The molecule has 0 aliphatic rings. The summed E-state index contributed by atoms with van der Waals surface area (Å²) in [6.45, 7) is 5.11. The minimum absolute atomic E-state index is 0.00470. The molecule has 2 amide bonds. The first kappa shape index (κ1) is 27.2. The molecule has 0 aliphatic heterocycles. The maximum atomic E-state index is 13.7. The fourth-order valence-electron chi connectivity index (χ4n) is 3.74. The number of amides is 2. The number of nitrogens with zero attached hydrogens (tertiary/aromatic N) is 2. The van der Waals surface area contributed by atoms with Crippen molar-refractivity contribution in [1.82, 2.24) is 10.2 Å². The van der Waals surface area contributed by atoms with Crippen LogP contribution in [0.3, 0.4) is 0 Å². The van der Waals surface area contributed by atoms with Gasteiger partial charge in [0.25, 0.3) is 10.0 Å². The van der Waals surface area contributed by atoms with Crippen LogP contribution in [0.5, 0.6) is 0 Å². The Bertz CT molecular complexity index is 1330. The smallest absolute Gasteiger partial charge is 0.264 e. The van der Waals surface area contributed by atoms with Crippen molar-refractivity contribution in [3.63, 3.8) is 0 Å². The number of likely N-dealkylation sites (N-methyl/N-ethyl adjacent to an activating group) is 1. The number of aryl methyl sites for hydroxylation is 2. The fourth-order valence-corrected chi connectivity index (χ4v) is 5.28. The van der Waals surface area contributed by atoms with Crippen LogP contribution in [0.1, 0.15) is 23.6 Å². The monoisotopic (exact) mass is 527 g/mol. The van der Waals surface area contributed by atoms with Crippen LogP contribution in [-0.2, 0) is 26.2 Å². The SMILES string of the molecule is CNC(=O)[C@H](C)N(Cc1ccccc1C)C(=O)CN(c1ccc(C)cc1)S(=O)(=O)c1ccc(Cl)cc1. The van der Waals surface area contributed by atoms with Gasteiger partial charge in [0.1, 0.15) is 12.6 Å². The van der Waals surface area contributed by atoms with E-state index < -0.39 is 28.5 Å². The molecule has 0 fully saturated rings. The molecule has 3 aromatic rings. The van der Waals surface area contributed by atoms with Gasteiger partial charge >= 0.3 is 0 Å². The summed E-state index contributed by atoms with van der Waals surface area (Å²) in [5.41, 5.74) is 3.11. The molecular weight excluding hydrogens is 498 g/mol. The van der Waals surface area contributed by atoms with Gasteiger partial charge in [0.05, 0.1) is 10.6 Å². The summed E-state index contributed by atoms with van der Waals surface area (Å²) in [5, 5.41) is 2.97. The van der Waals surface area contributed by atoms with Crippen molar-refractivity contribution < 1.29 is 18.0 Å². The molecular formula is C27H30ClN3O4S. The number of hydrogen-bond donors (Lipinski definition) is 1. The molecule has 0 saturated heterocycles. The minimum Gasteiger partial charge on any atom is -0.357 e. The topological polar surface area (TPSA) is 86.8 Å². The van der Waals surface area contributed by atoms with Crippen LogP contribution in [-0.4, -0.2) is 44.8 Å².